The summed E-state index contributed by atoms with van der Waals surface area (Å²) in [6.45, 7) is 2.00. The van der Waals surface area contributed by atoms with Gasteiger partial charge in [-0.15, -0.1) is 0 Å². The zero-order valence-corrected chi connectivity index (χ0v) is 13.0. The molecule has 3 rings (SSSR count). The minimum absolute atomic E-state index is 0.174. The predicted octanol–water partition coefficient (Wildman–Crippen LogP) is 1.06. The Morgan fingerprint density at radius 1 is 1.46 bits per heavy atom. The van der Waals surface area contributed by atoms with Crippen LogP contribution >= 0.6 is 0 Å². The standard InChI is InChI=1S/C15H16N4O5/c1-10-16-7-15(19(21)22)18(10)8-14(20)17-6-11-9-23-12-4-2-3-5-13(12)24-11/h2-5,7,11H,6,8-9H2,1H3,(H,17,20)/t11-/m1/s1. The van der Waals surface area contributed by atoms with Gasteiger partial charge in [-0.25, -0.2) is 9.55 Å². The van der Waals surface area contributed by atoms with Gasteiger partial charge in [0.15, 0.2) is 23.9 Å². The van der Waals surface area contributed by atoms with Crippen LogP contribution in [0, 0.1) is 17.0 Å². The van der Waals surface area contributed by atoms with Gasteiger partial charge in [-0.2, -0.15) is 0 Å². The number of carbonyl (C=O) groups is 1. The average Bonchev–Trinajstić information content (AvgIpc) is 2.94. The number of nitro groups is 1. The summed E-state index contributed by atoms with van der Waals surface area (Å²) in [5.41, 5.74) is 0. The first-order valence-electron chi connectivity index (χ1n) is 7.36. The van der Waals surface area contributed by atoms with Gasteiger partial charge in [-0.1, -0.05) is 12.1 Å². The number of imidazole rings is 1. The third-order valence-electron chi connectivity index (χ3n) is 3.62. The SMILES string of the molecule is Cc1ncc([N+](=O)[O-])n1CC(=O)NC[C@@H]1COc2ccccc2O1. The molecule has 0 saturated carbocycles. The fourth-order valence-electron chi connectivity index (χ4n) is 2.39. The predicted molar refractivity (Wildman–Crippen MR) is 83.0 cm³/mol. The number of aryl methyl sites for hydroxylation is 1. The molecule has 2 aromatic rings. The van der Waals surface area contributed by atoms with E-state index in [0.29, 0.717) is 23.9 Å². The van der Waals surface area contributed by atoms with Gasteiger partial charge in [0, 0.05) is 6.92 Å². The van der Waals surface area contributed by atoms with Crippen molar-refractivity contribution in [3.8, 4) is 11.5 Å². The lowest BCUT2D eigenvalue weighted by molar-refractivity contribution is -0.392. The van der Waals surface area contributed by atoms with E-state index in [-0.39, 0.29) is 30.9 Å². The van der Waals surface area contributed by atoms with Gasteiger partial charge in [0.2, 0.25) is 0 Å². The summed E-state index contributed by atoms with van der Waals surface area (Å²) >= 11 is 0. The van der Waals surface area contributed by atoms with E-state index in [2.05, 4.69) is 10.3 Å². The van der Waals surface area contributed by atoms with Crippen LogP contribution < -0.4 is 14.8 Å². The number of carbonyl (C=O) groups excluding carboxylic acids is 1. The van der Waals surface area contributed by atoms with E-state index in [1.165, 1.54) is 4.57 Å². The Labute approximate surface area is 137 Å². The van der Waals surface area contributed by atoms with Gasteiger partial charge in [0.25, 0.3) is 5.91 Å². The first kappa shape index (κ1) is 15.8. The fourth-order valence-corrected chi connectivity index (χ4v) is 2.39. The van der Waals surface area contributed by atoms with E-state index in [1.807, 2.05) is 18.2 Å². The maximum atomic E-state index is 12.0. The number of nitrogens with zero attached hydrogens (tertiary/aromatic N) is 3. The first-order chi connectivity index (χ1) is 11.5. The summed E-state index contributed by atoms with van der Waals surface area (Å²) in [6.07, 6.45) is 0.820. The molecule has 0 aliphatic carbocycles. The maximum Gasteiger partial charge on any atom is 0.343 e. The number of amides is 1. The molecule has 1 amide bonds. The summed E-state index contributed by atoms with van der Waals surface area (Å²) in [7, 11) is 0. The highest BCUT2D eigenvalue weighted by molar-refractivity contribution is 5.76. The van der Waals surface area contributed by atoms with E-state index in [4.69, 9.17) is 9.47 Å². The van der Waals surface area contributed by atoms with Crippen LogP contribution in [0.3, 0.4) is 0 Å². The average molecular weight is 332 g/mol. The fraction of sp³-hybridized carbons (Fsp3) is 0.333. The number of fused-ring (bicyclic) bond motifs is 1. The number of para-hydroxylation sites is 2. The van der Waals surface area contributed by atoms with Crippen LogP contribution in [0.25, 0.3) is 0 Å². The summed E-state index contributed by atoms with van der Waals surface area (Å²) in [6, 6.07) is 7.29. The topological polar surface area (TPSA) is 109 Å². The van der Waals surface area contributed by atoms with E-state index >= 15 is 0 Å². The van der Waals surface area contributed by atoms with Crippen molar-refractivity contribution in [3.63, 3.8) is 0 Å². The molecule has 1 aromatic heterocycles. The van der Waals surface area contributed by atoms with Gasteiger partial charge in [-0.3, -0.25) is 4.79 Å². The van der Waals surface area contributed by atoms with Crippen molar-refractivity contribution in [1.29, 1.82) is 0 Å². The molecule has 0 radical (unpaired) electrons. The van der Waals surface area contributed by atoms with Crippen molar-refractivity contribution >= 4 is 11.7 Å². The highest BCUT2D eigenvalue weighted by Crippen LogP contribution is 2.30. The van der Waals surface area contributed by atoms with Crippen LogP contribution in [0.1, 0.15) is 5.82 Å². The number of hydrogen-bond acceptors (Lipinski definition) is 6. The molecule has 1 aromatic carbocycles. The van der Waals surface area contributed by atoms with E-state index in [9.17, 15) is 14.9 Å². The summed E-state index contributed by atoms with van der Waals surface area (Å²) in [5.74, 6) is 1.13. The Hall–Kier alpha value is -3.10. The summed E-state index contributed by atoms with van der Waals surface area (Å²) < 4.78 is 12.6. The molecule has 1 aliphatic heterocycles. The lowest BCUT2D eigenvalue weighted by Gasteiger charge is -2.26. The van der Waals surface area contributed by atoms with Gasteiger partial charge in [0.05, 0.1) is 6.54 Å². The third-order valence-corrected chi connectivity index (χ3v) is 3.62. The van der Waals surface area contributed by atoms with Crippen LogP contribution in [-0.4, -0.2) is 39.6 Å². The normalized spacial score (nSPS) is 15.8. The molecule has 0 spiro atoms. The molecule has 0 bridgehead atoms. The summed E-state index contributed by atoms with van der Waals surface area (Å²) in [5, 5.41) is 13.6. The molecular formula is C15H16N4O5. The van der Waals surface area contributed by atoms with E-state index < -0.39 is 4.92 Å². The van der Waals surface area contributed by atoms with Crippen molar-refractivity contribution in [2.45, 2.75) is 19.6 Å². The molecule has 1 N–H and O–H groups in total. The number of ether oxygens (including phenoxy) is 2. The van der Waals surface area contributed by atoms with Crippen molar-refractivity contribution in [1.82, 2.24) is 14.9 Å². The molecule has 1 atom stereocenters. The molecule has 9 nitrogen and oxygen atoms in total. The lowest BCUT2D eigenvalue weighted by Crippen LogP contribution is -2.41. The molecule has 1 aliphatic rings. The van der Waals surface area contributed by atoms with Crippen LogP contribution in [0.5, 0.6) is 11.5 Å². The van der Waals surface area contributed by atoms with Crippen LogP contribution in [-0.2, 0) is 11.3 Å². The third kappa shape index (κ3) is 3.29. The van der Waals surface area contributed by atoms with Crippen molar-refractivity contribution in [2.24, 2.45) is 0 Å². The number of aromatic nitrogens is 2. The second-order valence-corrected chi connectivity index (χ2v) is 5.31. The number of nitrogens with one attached hydrogen (secondary N) is 1. The first-order valence-corrected chi connectivity index (χ1v) is 7.36. The van der Waals surface area contributed by atoms with Crippen molar-refractivity contribution in [2.75, 3.05) is 13.2 Å². The quantitative estimate of drug-likeness (QED) is 0.648. The van der Waals surface area contributed by atoms with Crippen LogP contribution in [0.2, 0.25) is 0 Å². The minimum Gasteiger partial charge on any atom is -0.486 e. The van der Waals surface area contributed by atoms with E-state index in [0.717, 1.165) is 6.20 Å². The van der Waals surface area contributed by atoms with E-state index in [1.54, 1.807) is 13.0 Å². The minimum atomic E-state index is -0.567. The Morgan fingerprint density at radius 2 is 2.21 bits per heavy atom. The molecule has 126 valence electrons. The Kier molecular flexibility index (Phi) is 4.32. The van der Waals surface area contributed by atoms with Crippen molar-refractivity contribution < 1.29 is 19.2 Å². The number of hydrogen-bond donors (Lipinski definition) is 1. The maximum absolute atomic E-state index is 12.0. The van der Waals surface area contributed by atoms with Crippen molar-refractivity contribution in [3.05, 3.63) is 46.4 Å². The molecule has 2 heterocycles. The Balaban J connectivity index is 1.56. The second-order valence-electron chi connectivity index (χ2n) is 5.31. The second kappa shape index (κ2) is 6.57. The highest BCUT2D eigenvalue weighted by Gasteiger charge is 2.23. The van der Waals surface area contributed by atoms with Gasteiger partial charge in [0.1, 0.15) is 18.9 Å². The smallest absolute Gasteiger partial charge is 0.343 e. The molecule has 0 unspecified atom stereocenters. The van der Waals surface area contributed by atoms with Gasteiger partial charge < -0.3 is 24.9 Å². The summed E-state index contributed by atoms with van der Waals surface area (Å²) in [4.78, 5) is 26.3. The molecular weight excluding hydrogens is 316 g/mol. The molecule has 24 heavy (non-hydrogen) atoms. The zero-order chi connectivity index (χ0) is 17.1. The van der Waals surface area contributed by atoms with Gasteiger partial charge in [-0.05, 0) is 17.1 Å². The van der Waals surface area contributed by atoms with Gasteiger partial charge >= 0.3 is 5.82 Å². The molecule has 9 heteroatoms. The molecule has 0 fully saturated rings. The lowest BCUT2D eigenvalue weighted by atomic mass is 10.2. The Morgan fingerprint density at radius 3 is 2.96 bits per heavy atom. The highest BCUT2D eigenvalue weighted by atomic mass is 16.6. The largest absolute Gasteiger partial charge is 0.486 e. The van der Waals surface area contributed by atoms with Crippen LogP contribution in [0.15, 0.2) is 30.5 Å². The Bertz CT molecular complexity index is 773. The number of benzene rings is 1. The van der Waals surface area contributed by atoms with Crippen LogP contribution in [0.4, 0.5) is 5.82 Å². The number of rotatable bonds is 5. The molecule has 0 saturated heterocycles. The monoisotopic (exact) mass is 332 g/mol. The zero-order valence-electron chi connectivity index (χ0n) is 13.0.